The van der Waals surface area contributed by atoms with Crippen LogP contribution in [-0.4, -0.2) is 11.1 Å². The van der Waals surface area contributed by atoms with Gasteiger partial charge in [-0.2, -0.15) is 13.2 Å². The summed E-state index contributed by atoms with van der Waals surface area (Å²) >= 11 is 3.11. The van der Waals surface area contributed by atoms with Gasteiger partial charge < -0.3 is 0 Å². The third-order valence-electron chi connectivity index (χ3n) is 2.46. The highest BCUT2D eigenvalue weighted by molar-refractivity contribution is 9.09. The van der Waals surface area contributed by atoms with Gasteiger partial charge in [0.25, 0.3) is 0 Å². The van der Waals surface area contributed by atoms with Crippen molar-refractivity contribution < 1.29 is 18.0 Å². The molecular weight excluding hydrogens is 297 g/mol. The lowest BCUT2D eigenvalue weighted by Crippen LogP contribution is -2.13. The van der Waals surface area contributed by atoms with Crippen molar-refractivity contribution >= 4 is 21.7 Å². The minimum Gasteiger partial charge on any atom is -0.294 e. The molecular formula is C12H12BrF3O. The molecule has 5 heteroatoms. The number of hydrogen-bond acceptors (Lipinski definition) is 1. The van der Waals surface area contributed by atoms with Gasteiger partial charge in [0, 0.05) is 17.3 Å². The average Bonchev–Trinajstić information content (AvgIpc) is 2.27. The first-order valence-electron chi connectivity index (χ1n) is 5.20. The Labute approximate surface area is 106 Å². The van der Waals surface area contributed by atoms with Crippen LogP contribution >= 0.6 is 15.9 Å². The second kappa shape index (κ2) is 5.67. The molecule has 0 heterocycles. The van der Waals surface area contributed by atoms with Crippen molar-refractivity contribution in [2.75, 3.05) is 5.33 Å². The molecule has 0 aromatic heterocycles. The minimum absolute atomic E-state index is 0.0888. The molecule has 0 unspecified atom stereocenters. The quantitative estimate of drug-likeness (QED) is 0.601. The van der Waals surface area contributed by atoms with Crippen molar-refractivity contribution in [2.45, 2.75) is 25.9 Å². The van der Waals surface area contributed by atoms with Crippen LogP contribution in [0.4, 0.5) is 13.2 Å². The van der Waals surface area contributed by atoms with Crippen molar-refractivity contribution in [1.82, 2.24) is 0 Å². The smallest absolute Gasteiger partial charge is 0.294 e. The van der Waals surface area contributed by atoms with E-state index in [1.165, 1.54) is 12.1 Å². The molecule has 0 fully saturated rings. The fourth-order valence-electron chi connectivity index (χ4n) is 1.72. The highest BCUT2D eigenvalue weighted by atomic mass is 79.9. The van der Waals surface area contributed by atoms with E-state index in [-0.39, 0.29) is 29.8 Å². The van der Waals surface area contributed by atoms with Crippen LogP contribution in [0.5, 0.6) is 0 Å². The minimum atomic E-state index is -4.41. The number of rotatable bonds is 4. The number of alkyl halides is 4. The Balaban J connectivity index is 3.29. The molecule has 0 atom stereocenters. The van der Waals surface area contributed by atoms with Gasteiger partial charge in [-0.05, 0) is 18.1 Å². The fraction of sp³-hybridized carbons (Fsp3) is 0.417. The number of Topliss-reactive ketones (excluding diaryl/α,β-unsaturated/α-hetero) is 1. The second-order valence-electron chi connectivity index (χ2n) is 3.55. The van der Waals surface area contributed by atoms with Crippen molar-refractivity contribution in [1.29, 1.82) is 0 Å². The van der Waals surface area contributed by atoms with Gasteiger partial charge in [-0.15, -0.1) is 0 Å². The summed E-state index contributed by atoms with van der Waals surface area (Å²) < 4.78 is 38.2. The summed E-state index contributed by atoms with van der Waals surface area (Å²) in [5.74, 6) is -0.259. The number of benzene rings is 1. The Morgan fingerprint density at radius 1 is 1.35 bits per heavy atom. The van der Waals surface area contributed by atoms with E-state index in [2.05, 4.69) is 15.9 Å². The van der Waals surface area contributed by atoms with Crippen LogP contribution in [0.3, 0.4) is 0 Å². The topological polar surface area (TPSA) is 17.1 Å². The Morgan fingerprint density at radius 3 is 2.47 bits per heavy atom. The van der Waals surface area contributed by atoms with E-state index >= 15 is 0 Å². The Hall–Kier alpha value is -0.840. The van der Waals surface area contributed by atoms with Crippen LogP contribution in [0.15, 0.2) is 18.2 Å². The van der Waals surface area contributed by atoms with Crippen molar-refractivity contribution in [2.24, 2.45) is 0 Å². The van der Waals surface area contributed by atoms with Crippen LogP contribution in [0, 0.1) is 0 Å². The van der Waals surface area contributed by atoms with Gasteiger partial charge in [0.1, 0.15) is 0 Å². The summed E-state index contributed by atoms with van der Waals surface area (Å²) in [5, 5.41) is 0.450. The normalized spacial score (nSPS) is 11.6. The predicted molar refractivity (Wildman–Crippen MR) is 63.6 cm³/mol. The summed E-state index contributed by atoms with van der Waals surface area (Å²) in [4.78, 5) is 11.7. The lowest BCUT2D eigenvalue weighted by molar-refractivity contribution is -0.138. The van der Waals surface area contributed by atoms with E-state index in [0.717, 1.165) is 6.07 Å². The number of hydrogen-bond donors (Lipinski definition) is 0. The average molecular weight is 309 g/mol. The molecule has 0 bridgehead atoms. The van der Waals surface area contributed by atoms with E-state index in [1.807, 2.05) is 0 Å². The molecule has 0 aliphatic heterocycles. The molecule has 0 saturated heterocycles. The molecule has 1 nitrogen and oxygen atoms in total. The van der Waals surface area contributed by atoms with Crippen LogP contribution < -0.4 is 0 Å². The predicted octanol–water partition coefficient (Wildman–Crippen LogP) is 4.24. The lowest BCUT2D eigenvalue weighted by atomic mass is 9.95. The number of carbonyl (C=O) groups is 1. The molecule has 1 rings (SSSR count). The largest absolute Gasteiger partial charge is 0.416 e. The molecule has 0 spiro atoms. The summed E-state index contributed by atoms with van der Waals surface area (Å²) in [7, 11) is 0. The van der Waals surface area contributed by atoms with E-state index in [0.29, 0.717) is 5.33 Å². The summed E-state index contributed by atoms with van der Waals surface area (Å²) in [6.07, 6.45) is -4.01. The maximum atomic E-state index is 12.7. The van der Waals surface area contributed by atoms with E-state index in [1.54, 1.807) is 6.92 Å². The SMILES string of the molecule is CCc1c(C(=O)CCBr)cccc1C(F)(F)F. The first kappa shape index (κ1) is 14.2. The summed E-state index contributed by atoms with van der Waals surface area (Å²) in [5.41, 5.74) is -0.437. The van der Waals surface area contributed by atoms with Crippen LogP contribution in [0.1, 0.15) is 34.8 Å². The maximum Gasteiger partial charge on any atom is 0.416 e. The van der Waals surface area contributed by atoms with Gasteiger partial charge in [0.2, 0.25) is 0 Å². The van der Waals surface area contributed by atoms with Crippen molar-refractivity contribution in [3.05, 3.63) is 34.9 Å². The van der Waals surface area contributed by atoms with Crippen molar-refractivity contribution in [3.8, 4) is 0 Å². The third-order valence-corrected chi connectivity index (χ3v) is 2.85. The second-order valence-corrected chi connectivity index (χ2v) is 4.34. The molecule has 94 valence electrons. The Morgan fingerprint density at radius 2 is 2.00 bits per heavy atom. The first-order valence-corrected chi connectivity index (χ1v) is 6.32. The zero-order valence-corrected chi connectivity index (χ0v) is 10.9. The summed E-state index contributed by atoms with van der Waals surface area (Å²) in [6.45, 7) is 1.62. The molecule has 1 aromatic carbocycles. The molecule has 17 heavy (non-hydrogen) atoms. The lowest BCUT2D eigenvalue weighted by Gasteiger charge is -2.14. The zero-order valence-electron chi connectivity index (χ0n) is 9.27. The highest BCUT2D eigenvalue weighted by Gasteiger charge is 2.34. The van der Waals surface area contributed by atoms with Gasteiger partial charge in [-0.1, -0.05) is 35.0 Å². The monoisotopic (exact) mass is 308 g/mol. The van der Waals surface area contributed by atoms with Gasteiger partial charge in [-0.3, -0.25) is 4.79 Å². The van der Waals surface area contributed by atoms with Gasteiger partial charge in [0.05, 0.1) is 5.56 Å². The molecule has 0 N–H and O–H groups in total. The Bertz CT molecular complexity index is 413. The third kappa shape index (κ3) is 3.31. The molecule has 0 aliphatic rings. The Kier molecular flexibility index (Phi) is 4.74. The molecule has 1 aromatic rings. The molecule has 0 radical (unpaired) electrons. The molecule has 0 aliphatic carbocycles. The summed E-state index contributed by atoms with van der Waals surface area (Å²) in [6, 6.07) is 3.76. The van der Waals surface area contributed by atoms with Gasteiger partial charge in [0.15, 0.2) is 5.78 Å². The van der Waals surface area contributed by atoms with Gasteiger partial charge >= 0.3 is 6.18 Å². The van der Waals surface area contributed by atoms with Crippen LogP contribution in [0.25, 0.3) is 0 Å². The van der Waals surface area contributed by atoms with Gasteiger partial charge in [-0.25, -0.2) is 0 Å². The van der Waals surface area contributed by atoms with Crippen LogP contribution in [-0.2, 0) is 12.6 Å². The highest BCUT2D eigenvalue weighted by Crippen LogP contribution is 2.34. The zero-order chi connectivity index (χ0) is 13.1. The van der Waals surface area contributed by atoms with Crippen LogP contribution in [0.2, 0.25) is 0 Å². The first-order chi connectivity index (χ1) is 7.91. The fourth-order valence-corrected chi connectivity index (χ4v) is 2.08. The maximum absolute atomic E-state index is 12.7. The van der Waals surface area contributed by atoms with E-state index in [4.69, 9.17) is 0 Å². The number of carbonyl (C=O) groups excluding carboxylic acids is 1. The molecule has 0 amide bonds. The number of halogens is 4. The van der Waals surface area contributed by atoms with Crippen molar-refractivity contribution in [3.63, 3.8) is 0 Å². The standard InChI is InChI=1S/C12H12BrF3O/c1-2-8-9(11(17)6-7-13)4-3-5-10(8)12(14,15)16/h3-5H,2,6-7H2,1H3. The molecule has 0 saturated carbocycles. The number of ketones is 1. The van der Waals surface area contributed by atoms with E-state index < -0.39 is 11.7 Å². The van der Waals surface area contributed by atoms with E-state index in [9.17, 15) is 18.0 Å².